The molecule has 0 aliphatic carbocycles. The number of pyridine rings is 1. The quantitative estimate of drug-likeness (QED) is 0.511. The molecule has 3 aromatic heterocycles. The Morgan fingerprint density at radius 1 is 1.24 bits per heavy atom. The molecule has 0 bridgehead atoms. The lowest BCUT2D eigenvalue weighted by molar-refractivity contribution is 0.102. The van der Waals surface area contributed by atoms with E-state index < -0.39 is 0 Å². The summed E-state index contributed by atoms with van der Waals surface area (Å²) in [5.74, 6) is 0.634. The number of anilines is 1. The van der Waals surface area contributed by atoms with E-state index >= 15 is 0 Å². The highest BCUT2D eigenvalue weighted by molar-refractivity contribution is 7.15. The van der Waals surface area contributed by atoms with Crippen LogP contribution in [0, 0.1) is 6.92 Å². The minimum absolute atomic E-state index is 0.245. The van der Waals surface area contributed by atoms with Crippen molar-refractivity contribution in [3.63, 3.8) is 0 Å². The normalized spacial score (nSPS) is 11.2. The van der Waals surface area contributed by atoms with Crippen LogP contribution in [0.4, 0.5) is 5.13 Å². The molecule has 3 heterocycles. The Balaban J connectivity index is 1.43. The van der Waals surface area contributed by atoms with E-state index in [2.05, 4.69) is 20.5 Å². The molecule has 0 atom stereocenters. The highest BCUT2D eigenvalue weighted by Gasteiger charge is 2.13. The van der Waals surface area contributed by atoms with E-state index in [0.717, 1.165) is 21.9 Å². The fourth-order valence-electron chi connectivity index (χ4n) is 2.85. The summed E-state index contributed by atoms with van der Waals surface area (Å²) in [5, 5.41) is 12.3. The smallest absolute Gasteiger partial charge is 0.257 e. The van der Waals surface area contributed by atoms with Crippen molar-refractivity contribution in [2.24, 2.45) is 0 Å². The molecule has 29 heavy (non-hydrogen) atoms. The number of carbonyl (C=O) groups is 1. The lowest BCUT2D eigenvalue weighted by atomic mass is 10.2. The Hall–Kier alpha value is -3.26. The number of hydrogen-bond acceptors (Lipinski definition) is 6. The van der Waals surface area contributed by atoms with E-state index in [1.165, 1.54) is 11.3 Å². The Kier molecular flexibility index (Phi) is 5.26. The van der Waals surface area contributed by atoms with E-state index in [-0.39, 0.29) is 11.8 Å². The van der Waals surface area contributed by atoms with Crippen LogP contribution in [0.25, 0.3) is 5.65 Å². The number of carbonyl (C=O) groups excluding carboxylic acids is 1. The summed E-state index contributed by atoms with van der Waals surface area (Å²) in [4.78, 5) is 17.1. The number of amides is 1. The van der Waals surface area contributed by atoms with Gasteiger partial charge >= 0.3 is 0 Å². The average molecular weight is 407 g/mol. The van der Waals surface area contributed by atoms with Crippen molar-refractivity contribution >= 4 is 28.0 Å². The van der Waals surface area contributed by atoms with Gasteiger partial charge in [0.05, 0.1) is 5.69 Å². The highest BCUT2D eigenvalue weighted by atomic mass is 32.1. The Morgan fingerprint density at radius 3 is 2.86 bits per heavy atom. The minimum atomic E-state index is -0.245. The van der Waals surface area contributed by atoms with Gasteiger partial charge in [0.15, 0.2) is 0 Å². The van der Waals surface area contributed by atoms with Crippen LogP contribution in [0.1, 0.15) is 46.4 Å². The van der Waals surface area contributed by atoms with E-state index in [1.54, 1.807) is 18.2 Å². The number of fused-ring (bicyclic) bond motifs is 1. The number of nitrogens with one attached hydrogen (secondary N) is 1. The third-order valence-electron chi connectivity index (χ3n) is 4.37. The molecular weight excluding hydrogens is 386 g/mol. The lowest BCUT2D eigenvalue weighted by Crippen LogP contribution is -2.11. The molecule has 0 saturated heterocycles. The summed E-state index contributed by atoms with van der Waals surface area (Å²) in [6, 6.07) is 11.1. The second kappa shape index (κ2) is 8.00. The minimum Gasteiger partial charge on any atom is -0.487 e. The number of imidazole rings is 1. The van der Waals surface area contributed by atoms with E-state index in [0.29, 0.717) is 23.1 Å². The van der Waals surface area contributed by atoms with Gasteiger partial charge in [0.2, 0.25) is 5.13 Å². The van der Waals surface area contributed by atoms with Crippen LogP contribution in [-0.2, 0) is 6.61 Å². The van der Waals surface area contributed by atoms with Gasteiger partial charge in [-0.1, -0.05) is 37.3 Å². The molecule has 0 fully saturated rings. The van der Waals surface area contributed by atoms with Crippen molar-refractivity contribution < 1.29 is 9.53 Å². The van der Waals surface area contributed by atoms with Crippen LogP contribution in [0.3, 0.4) is 0 Å². The number of ether oxygens (including phenoxy) is 1. The van der Waals surface area contributed by atoms with Gasteiger partial charge in [-0.25, -0.2) is 4.98 Å². The van der Waals surface area contributed by atoms with Gasteiger partial charge in [-0.05, 0) is 36.8 Å². The first kappa shape index (κ1) is 19.1. The maximum Gasteiger partial charge on any atom is 0.257 e. The van der Waals surface area contributed by atoms with E-state index in [4.69, 9.17) is 4.74 Å². The first-order valence-corrected chi connectivity index (χ1v) is 10.1. The van der Waals surface area contributed by atoms with Crippen LogP contribution in [-0.4, -0.2) is 25.5 Å². The van der Waals surface area contributed by atoms with Gasteiger partial charge in [0.25, 0.3) is 5.91 Å². The third kappa shape index (κ3) is 4.27. The van der Waals surface area contributed by atoms with Crippen LogP contribution in [0.5, 0.6) is 5.75 Å². The van der Waals surface area contributed by atoms with Gasteiger partial charge in [-0.15, -0.1) is 10.2 Å². The number of benzene rings is 1. The molecule has 4 aromatic rings. The Labute approximate surface area is 172 Å². The molecule has 1 aromatic carbocycles. The van der Waals surface area contributed by atoms with Crippen molar-refractivity contribution in [2.75, 3.05) is 5.32 Å². The summed E-state index contributed by atoms with van der Waals surface area (Å²) >= 11 is 1.38. The van der Waals surface area contributed by atoms with Crippen LogP contribution < -0.4 is 10.1 Å². The molecule has 7 nitrogen and oxygen atoms in total. The molecule has 0 spiro atoms. The molecular formula is C21H21N5O2S. The first-order valence-electron chi connectivity index (χ1n) is 9.30. The SMILES string of the molecule is Cc1cccn2cc(COc3cccc(C(=O)Nc4nnc(C(C)C)s4)c3)nc12. The zero-order valence-corrected chi connectivity index (χ0v) is 17.2. The number of nitrogens with zero attached hydrogens (tertiary/aromatic N) is 4. The fraction of sp³-hybridized carbons (Fsp3) is 0.238. The zero-order valence-electron chi connectivity index (χ0n) is 16.4. The van der Waals surface area contributed by atoms with Gasteiger partial charge in [0, 0.05) is 23.9 Å². The molecule has 0 saturated carbocycles. The van der Waals surface area contributed by atoms with E-state index in [1.807, 2.05) is 55.8 Å². The predicted octanol–water partition coefficient (Wildman–Crippen LogP) is 4.45. The maximum absolute atomic E-state index is 12.5. The van der Waals surface area contributed by atoms with Crippen molar-refractivity contribution in [1.29, 1.82) is 0 Å². The van der Waals surface area contributed by atoms with Gasteiger partial charge < -0.3 is 9.14 Å². The van der Waals surface area contributed by atoms with Gasteiger partial charge in [-0.2, -0.15) is 0 Å². The second-order valence-corrected chi connectivity index (χ2v) is 8.03. The molecule has 1 N–H and O–H groups in total. The van der Waals surface area contributed by atoms with E-state index in [9.17, 15) is 4.79 Å². The maximum atomic E-state index is 12.5. The second-order valence-electron chi connectivity index (χ2n) is 7.03. The fourth-order valence-corrected chi connectivity index (χ4v) is 3.59. The monoisotopic (exact) mass is 407 g/mol. The largest absolute Gasteiger partial charge is 0.487 e. The van der Waals surface area contributed by atoms with Crippen molar-refractivity contribution in [2.45, 2.75) is 33.3 Å². The summed E-state index contributed by atoms with van der Waals surface area (Å²) < 4.78 is 7.83. The van der Waals surface area contributed by atoms with Crippen molar-refractivity contribution in [3.8, 4) is 5.75 Å². The van der Waals surface area contributed by atoms with Crippen LogP contribution in [0.2, 0.25) is 0 Å². The van der Waals surface area contributed by atoms with Crippen molar-refractivity contribution in [1.82, 2.24) is 19.6 Å². The predicted molar refractivity (Wildman–Crippen MR) is 113 cm³/mol. The average Bonchev–Trinajstić information content (AvgIpc) is 3.34. The Bertz CT molecular complexity index is 1160. The molecule has 0 radical (unpaired) electrons. The molecule has 0 aliphatic rings. The first-order chi connectivity index (χ1) is 14.0. The summed E-state index contributed by atoms with van der Waals surface area (Å²) in [6.45, 7) is 6.42. The van der Waals surface area contributed by atoms with Crippen molar-refractivity contribution in [3.05, 3.63) is 70.6 Å². The lowest BCUT2D eigenvalue weighted by Gasteiger charge is -2.06. The Morgan fingerprint density at radius 2 is 2.10 bits per heavy atom. The summed E-state index contributed by atoms with van der Waals surface area (Å²) in [7, 11) is 0. The van der Waals surface area contributed by atoms with Crippen LogP contribution >= 0.6 is 11.3 Å². The summed E-state index contributed by atoms with van der Waals surface area (Å²) in [6.07, 6.45) is 3.91. The molecule has 1 amide bonds. The topological polar surface area (TPSA) is 81.4 Å². The molecule has 148 valence electrons. The number of hydrogen-bond donors (Lipinski definition) is 1. The molecule has 0 aliphatic heterocycles. The molecule has 8 heteroatoms. The highest BCUT2D eigenvalue weighted by Crippen LogP contribution is 2.23. The van der Waals surface area contributed by atoms with Gasteiger partial charge in [0.1, 0.15) is 23.0 Å². The third-order valence-corrected chi connectivity index (χ3v) is 5.50. The van der Waals surface area contributed by atoms with Crippen LogP contribution in [0.15, 0.2) is 48.8 Å². The molecule has 0 unspecified atom stereocenters. The van der Waals surface area contributed by atoms with Gasteiger partial charge in [-0.3, -0.25) is 10.1 Å². The number of aromatic nitrogens is 4. The zero-order chi connectivity index (χ0) is 20.4. The standard InChI is InChI=1S/C21H21N5O2S/c1-13(2)20-24-25-21(29-20)23-19(27)15-7-4-8-17(10-15)28-12-16-11-26-9-5-6-14(3)18(26)22-16/h4-11,13H,12H2,1-3H3,(H,23,25,27). The summed E-state index contributed by atoms with van der Waals surface area (Å²) in [5.41, 5.74) is 3.34. The number of aryl methyl sites for hydroxylation is 1. The number of rotatable bonds is 6. The molecule has 4 rings (SSSR count).